The summed E-state index contributed by atoms with van der Waals surface area (Å²) in [5, 5.41) is 2.81. The van der Waals surface area contributed by atoms with Crippen molar-refractivity contribution in [3.05, 3.63) is 52.7 Å². The number of aromatic nitrogens is 1. The number of hydrogen-bond acceptors (Lipinski definition) is 3. The maximum Gasteiger partial charge on any atom is 0.417 e. The molecular weight excluding hydrogens is 305 g/mol. The first-order valence-corrected chi connectivity index (χ1v) is 6.42. The molecule has 0 saturated carbocycles. The Morgan fingerprint density at radius 2 is 1.90 bits per heavy atom. The highest BCUT2D eigenvalue weighted by molar-refractivity contribution is 6.31. The first-order valence-electron chi connectivity index (χ1n) is 6.04. The van der Waals surface area contributed by atoms with E-state index in [1.807, 2.05) is 19.2 Å². The molecule has 2 aromatic rings. The molecular formula is C14H12ClF3N2O. The summed E-state index contributed by atoms with van der Waals surface area (Å²) in [5.74, 6) is 0.384. The minimum atomic E-state index is -4.48. The van der Waals surface area contributed by atoms with Crippen LogP contribution in [0.25, 0.3) is 0 Å². The van der Waals surface area contributed by atoms with Gasteiger partial charge in [-0.25, -0.2) is 4.98 Å². The predicted molar refractivity (Wildman–Crippen MR) is 73.5 cm³/mol. The van der Waals surface area contributed by atoms with Gasteiger partial charge >= 0.3 is 6.18 Å². The molecule has 21 heavy (non-hydrogen) atoms. The third kappa shape index (κ3) is 4.09. The van der Waals surface area contributed by atoms with Crippen molar-refractivity contribution >= 4 is 11.6 Å². The van der Waals surface area contributed by atoms with Crippen LogP contribution in [0.3, 0.4) is 0 Å². The molecule has 0 aliphatic carbocycles. The van der Waals surface area contributed by atoms with Crippen LogP contribution in [-0.2, 0) is 12.7 Å². The zero-order chi connectivity index (χ0) is 15.5. The largest absolute Gasteiger partial charge is 0.438 e. The lowest BCUT2D eigenvalue weighted by atomic mass is 10.2. The van der Waals surface area contributed by atoms with Crippen molar-refractivity contribution in [3.8, 4) is 11.6 Å². The first-order chi connectivity index (χ1) is 9.90. The molecule has 1 aromatic carbocycles. The number of rotatable bonds is 4. The average Bonchev–Trinajstić information content (AvgIpc) is 2.42. The number of ether oxygens (including phenoxy) is 1. The van der Waals surface area contributed by atoms with Gasteiger partial charge in [0.05, 0.1) is 5.56 Å². The molecule has 0 saturated heterocycles. The van der Waals surface area contributed by atoms with Gasteiger partial charge in [-0.3, -0.25) is 0 Å². The van der Waals surface area contributed by atoms with Gasteiger partial charge in [-0.1, -0.05) is 23.7 Å². The van der Waals surface area contributed by atoms with E-state index >= 15 is 0 Å². The summed E-state index contributed by atoms with van der Waals surface area (Å²) in [5.41, 5.74) is 0.139. The van der Waals surface area contributed by atoms with Gasteiger partial charge in [-0.15, -0.1) is 0 Å². The Kier molecular flexibility index (Phi) is 4.69. The fraction of sp³-hybridized carbons (Fsp3) is 0.214. The van der Waals surface area contributed by atoms with Gasteiger partial charge in [-0.05, 0) is 30.8 Å². The summed E-state index contributed by atoms with van der Waals surface area (Å²) in [6.07, 6.45) is -3.79. The minimum absolute atomic E-state index is 0.0639. The molecule has 3 nitrogen and oxygen atoms in total. The van der Waals surface area contributed by atoms with Crippen LogP contribution in [-0.4, -0.2) is 12.0 Å². The molecule has 112 valence electrons. The lowest BCUT2D eigenvalue weighted by Crippen LogP contribution is -2.06. The lowest BCUT2D eigenvalue weighted by molar-refractivity contribution is -0.137. The Hall–Kier alpha value is -1.79. The fourth-order valence-corrected chi connectivity index (χ4v) is 1.85. The van der Waals surface area contributed by atoms with E-state index in [0.717, 1.165) is 11.6 Å². The number of halogens is 4. The Balaban J connectivity index is 2.16. The van der Waals surface area contributed by atoms with E-state index in [4.69, 9.17) is 16.3 Å². The van der Waals surface area contributed by atoms with Crippen molar-refractivity contribution in [1.82, 2.24) is 10.3 Å². The Bertz CT molecular complexity index is 615. The van der Waals surface area contributed by atoms with Gasteiger partial charge in [0.25, 0.3) is 0 Å². The van der Waals surface area contributed by atoms with Crippen molar-refractivity contribution in [2.45, 2.75) is 12.7 Å². The maximum atomic E-state index is 12.5. The number of nitrogens with one attached hydrogen (secondary N) is 1. The smallest absolute Gasteiger partial charge is 0.417 e. The van der Waals surface area contributed by atoms with E-state index in [0.29, 0.717) is 18.5 Å². The lowest BCUT2D eigenvalue weighted by Gasteiger charge is -2.10. The minimum Gasteiger partial charge on any atom is -0.438 e. The fourth-order valence-electron chi connectivity index (χ4n) is 1.65. The standard InChI is InChI=1S/C14H12ClF3N2O/c1-19-7-9-2-4-11(5-3-9)21-13-12(15)6-10(8-20-13)14(16,17)18/h2-6,8,19H,7H2,1H3. The molecule has 7 heteroatoms. The second-order valence-corrected chi connectivity index (χ2v) is 4.69. The van der Waals surface area contributed by atoms with Crippen molar-refractivity contribution in [3.63, 3.8) is 0 Å². The third-order valence-corrected chi connectivity index (χ3v) is 2.92. The molecule has 0 unspecified atom stereocenters. The highest BCUT2D eigenvalue weighted by Crippen LogP contribution is 2.34. The van der Waals surface area contributed by atoms with Crippen LogP contribution in [0.15, 0.2) is 36.5 Å². The van der Waals surface area contributed by atoms with E-state index in [2.05, 4.69) is 10.3 Å². The van der Waals surface area contributed by atoms with Crippen LogP contribution < -0.4 is 10.1 Å². The summed E-state index contributed by atoms with van der Waals surface area (Å²) in [6, 6.07) is 7.86. The molecule has 0 spiro atoms. The van der Waals surface area contributed by atoms with Crippen molar-refractivity contribution in [2.24, 2.45) is 0 Å². The molecule has 0 aliphatic heterocycles. The zero-order valence-electron chi connectivity index (χ0n) is 11.0. The summed E-state index contributed by atoms with van der Waals surface area (Å²) < 4.78 is 42.9. The quantitative estimate of drug-likeness (QED) is 0.915. The third-order valence-electron chi connectivity index (χ3n) is 2.65. The Morgan fingerprint density at radius 1 is 1.24 bits per heavy atom. The normalized spacial score (nSPS) is 11.5. The van der Waals surface area contributed by atoms with Gasteiger partial charge in [0, 0.05) is 12.7 Å². The average molecular weight is 317 g/mol. The summed E-state index contributed by atoms with van der Waals surface area (Å²) in [6.45, 7) is 0.708. The van der Waals surface area contributed by atoms with Gasteiger partial charge < -0.3 is 10.1 Å². The summed E-state index contributed by atoms with van der Waals surface area (Å²) in [7, 11) is 1.83. The molecule has 0 aliphatic rings. The second-order valence-electron chi connectivity index (χ2n) is 4.29. The highest BCUT2D eigenvalue weighted by atomic mass is 35.5. The number of alkyl halides is 3. The van der Waals surface area contributed by atoms with Crippen LogP contribution in [0.1, 0.15) is 11.1 Å². The van der Waals surface area contributed by atoms with E-state index in [-0.39, 0.29) is 10.9 Å². The monoisotopic (exact) mass is 316 g/mol. The van der Waals surface area contributed by atoms with Gasteiger partial charge in [0.15, 0.2) is 0 Å². The molecule has 0 atom stereocenters. The van der Waals surface area contributed by atoms with Gasteiger partial charge in [0.2, 0.25) is 5.88 Å². The van der Waals surface area contributed by atoms with Crippen molar-refractivity contribution < 1.29 is 17.9 Å². The molecule has 0 amide bonds. The van der Waals surface area contributed by atoms with E-state index in [1.54, 1.807) is 12.1 Å². The Morgan fingerprint density at radius 3 is 2.43 bits per heavy atom. The first kappa shape index (κ1) is 15.6. The van der Waals surface area contributed by atoms with Crippen LogP contribution in [0.4, 0.5) is 13.2 Å². The Labute approximate surface area is 124 Å². The van der Waals surface area contributed by atoms with Crippen LogP contribution in [0, 0.1) is 0 Å². The molecule has 1 aromatic heterocycles. The molecule has 0 bridgehead atoms. The summed E-state index contributed by atoms with van der Waals surface area (Å²) in [4.78, 5) is 3.61. The van der Waals surface area contributed by atoms with Crippen LogP contribution >= 0.6 is 11.6 Å². The number of pyridine rings is 1. The topological polar surface area (TPSA) is 34.1 Å². The van der Waals surface area contributed by atoms with E-state index in [9.17, 15) is 13.2 Å². The van der Waals surface area contributed by atoms with Crippen molar-refractivity contribution in [1.29, 1.82) is 0 Å². The van der Waals surface area contributed by atoms with E-state index in [1.165, 1.54) is 0 Å². The van der Waals surface area contributed by atoms with Gasteiger partial charge in [-0.2, -0.15) is 13.2 Å². The van der Waals surface area contributed by atoms with E-state index < -0.39 is 11.7 Å². The number of hydrogen-bond donors (Lipinski definition) is 1. The molecule has 2 rings (SSSR count). The molecule has 1 N–H and O–H groups in total. The number of benzene rings is 1. The SMILES string of the molecule is CNCc1ccc(Oc2ncc(C(F)(F)F)cc2Cl)cc1. The molecule has 0 fully saturated rings. The maximum absolute atomic E-state index is 12.5. The van der Waals surface area contributed by atoms with Crippen molar-refractivity contribution in [2.75, 3.05) is 7.05 Å². The summed E-state index contributed by atoms with van der Waals surface area (Å²) >= 11 is 5.77. The second kappa shape index (κ2) is 6.32. The van der Waals surface area contributed by atoms with Crippen LogP contribution in [0.5, 0.6) is 11.6 Å². The number of nitrogens with zero attached hydrogens (tertiary/aromatic N) is 1. The van der Waals surface area contributed by atoms with Crippen LogP contribution in [0.2, 0.25) is 5.02 Å². The molecule has 1 heterocycles. The zero-order valence-corrected chi connectivity index (χ0v) is 11.8. The predicted octanol–water partition coefficient (Wildman–Crippen LogP) is 4.27. The molecule has 0 radical (unpaired) electrons. The van der Waals surface area contributed by atoms with Gasteiger partial charge in [0.1, 0.15) is 10.8 Å². The highest BCUT2D eigenvalue weighted by Gasteiger charge is 2.31.